The number of aromatic nitrogens is 2. The number of nitrogens with zero attached hydrogens (tertiary/aromatic N) is 3. The zero-order chi connectivity index (χ0) is 39.6. The summed E-state index contributed by atoms with van der Waals surface area (Å²) in [5.41, 5.74) is 14.8. The molecule has 0 bridgehead atoms. The van der Waals surface area contributed by atoms with Crippen LogP contribution in [0.25, 0.3) is 93.3 Å². The molecule has 12 aromatic rings. The highest BCUT2D eigenvalue weighted by molar-refractivity contribution is 6.26. The lowest BCUT2D eigenvalue weighted by Crippen LogP contribution is -2.09. The van der Waals surface area contributed by atoms with Gasteiger partial charge >= 0.3 is 0 Å². The Morgan fingerprint density at radius 3 is 1.28 bits per heavy atom. The molecule has 0 N–H and O–H groups in total. The molecule has 2 heterocycles. The van der Waals surface area contributed by atoms with Gasteiger partial charge in [-0.05, 0) is 104 Å². The van der Waals surface area contributed by atoms with Gasteiger partial charge in [-0.2, -0.15) is 0 Å². The van der Waals surface area contributed by atoms with Crippen molar-refractivity contribution in [1.29, 1.82) is 0 Å². The van der Waals surface area contributed by atoms with Gasteiger partial charge in [0, 0.05) is 38.6 Å². The third-order valence-corrected chi connectivity index (χ3v) is 12.2. The average Bonchev–Trinajstić information content (AvgIpc) is 3.75. The van der Waals surface area contributed by atoms with Crippen LogP contribution in [-0.2, 0) is 0 Å². The zero-order valence-corrected chi connectivity index (χ0v) is 32.7. The maximum Gasteiger partial charge on any atom is 0.146 e. The van der Waals surface area contributed by atoms with E-state index in [2.05, 4.69) is 234 Å². The molecule has 0 unspecified atom stereocenters. The minimum Gasteiger partial charge on any atom is -0.311 e. The first-order valence-corrected chi connectivity index (χ1v) is 20.5. The molecular formula is C57H37N3. The molecule has 0 saturated heterocycles. The number of anilines is 3. The number of hydrogen-bond acceptors (Lipinski definition) is 2. The highest BCUT2D eigenvalue weighted by atomic mass is 15.1. The van der Waals surface area contributed by atoms with Crippen LogP contribution in [0.4, 0.5) is 17.1 Å². The molecule has 0 amide bonds. The smallest absolute Gasteiger partial charge is 0.146 e. The molecule has 0 fully saturated rings. The highest BCUT2D eigenvalue weighted by Crippen LogP contribution is 2.42. The number of benzene rings is 10. The average molecular weight is 764 g/mol. The molecule has 0 spiro atoms. The predicted octanol–water partition coefficient (Wildman–Crippen LogP) is 15.6. The normalized spacial score (nSPS) is 11.7. The highest BCUT2D eigenvalue weighted by Gasteiger charge is 2.19. The molecule has 60 heavy (non-hydrogen) atoms. The van der Waals surface area contributed by atoms with E-state index in [1.54, 1.807) is 0 Å². The van der Waals surface area contributed by atoms with E-state index in [1.165, 1.54) is 60.1 Å². The molecule has 0 radical (unpaired) electrons. The molecule has 3 nitrogen and oxygen atoms in total. The summed E-state index contributed by atoms with van der Waals surface area (Å²) in [5.74, 6) is 0. The molecule has 0 aliphatic heterocycles. The summed E-state index contributed by atoms with van der Waals surface area (Å²) in [6.07, 6.45) is 0. The number of imidazole rings is 1. The van der Waals surface area contributed by atoms with Gasteiger partial charge in [-0.25, -0.2) is 4.98 Å². The lowest BCUT2D eigenvalue weighted by molar-refractivity contribution is 1.28. The van der Waals surface area contributed by atoms with E-state index in [4.69, 9.17) is 4.98 Å². The maximum atomic E-state index is 5.47. The van der Waals surface area contributed by atoms with E-state index in [0.29, 0.717) is 0 Å². The molecule has 2 aromatic heterocycles. The fraction of sp³-hybridized carbons (Fsp3) is 0. The fourth-order valence-corrected chi connectivity index (χ4v) is 9.28. The number of pyridine rings is 1. The van der Waals surface area contributed by atoms with Crippen LogP contribution in [0.1, 0.15) is 0 Å². The lowest BCUT2D eigenvalue weighted by Gasteiger charge is -2.26. The van der Waals surface area contributed by atoms with Crippen molar-refractivity contribution in [1.82, 2.24) is 9.38 Å². The largest absolute Gasteiger partial charge is 0.311 e. The summed E-state index contributed by atoms with van der Waals surface area (Å²) in [6.45, 7) is 0. The Morgan fingerprint density at radius 1 is 0.300 bits per heavy atom. The first-order chi connectivity index (χ1) is 29.8. The van der Waals surface area contributed by atoms with Crippen LogP contribution in [0, 0.1) is 0 Å². The second-order valence-corrected chi connectivity index (χ2v) is 15.5. The van der Waals surface area contributed by atoms with Crippen molar-refractivity contribution in [3.63, 3.8) is 0 Å². The molecule has 0 atom stereocenters. The lowest BCUT2D eigenvalue weighted by atomic mass is 9.98. The molecule has 0 aliphatic rings. The Balaban J connectivity index is 0.981. The van der Waals surface area contributed by atoms with Gasteiger partial charge in [-0.3, -0.25) is 4.40 Å². The van der Waals surface area contributed by atoms with E-state index in [-0.39, 0.29) is 0 Å². The van der Waals surface area contributed by atoms with Crippen molar-refractivity contribution < 1.29 is 0 Å². The zero-order valence-electron chi connectivity index (χ0n) is 32.7. The van der Waals surface area contributed by atoms with Crippen molar-refractivity contribution in [3.05, 3.63) is 224 Å². The van der Waals surface area contributed by atoms with Gasteiger partial charge in [0.2, 0.25) is 0 Å². The summed E-state index contributed by atoms with van der Waals surface area (Å²) >= 11 is 0. The van der Waals surface area contributed by atoms with Gasteiger partial charge in [0.05, 0.1) is 16.6 Å². The number of para-hydroxylation sites is 1. The van der Waals surface area contributed by atoms with Crippen molar-refractivity contribution in [2.45, 2.75) is 0 Å². The van der Waals surface area contributed by atoms with Gasteiger partial charge in [0.15, 0.2) is 0 Å². The maximum absolute atomic E-state index is 5.47. The van der Waals surface area contributed by atoms with Crippen molar-refractivity contribution in [2.75, 3.05) is 4.90 Å². The van der Waals surface area contributed by atoms with Crippen molar-refractivity contribution in [3.8, 4) is 33.4 Å². The molecule has 280 valence electrons. The summed E-state index contributed by atoms with van der Waals surface area (Å²) in [5, 5.41) is 8.42. The number of rotatable bonds is 6. The molecule has 0 saturated carbocycles. The standard InChI is InChI=1S/C57H37N3/c1-3-13-38(14-4-1)40-23-30-44(31-24-40)59(45-32-25-41(26-33-45)39-15-5-2-6-16-39)46-34-27-42(28-35-46)43-29-36-52-53(37-43)49-19-11-12-22-54(49)60-56-51-21-10-8-18-48(51)47-17-7-9-20-50(47)55(56)58-57(52)60/h1-37H. The van der Waals surface area contributed by atoms with Crippen LogP contribution in [-0.4, -0.2) is 9.38 Å². The SMILES string of the molecule is c1ccc(-c2ccc(N(c3ccc(-c4ccccc4)cc3)c3ccc(-c4ccc5c(c4)c4ccccc4n4c5nc5c6ccccc6c6ccccc6c54)cc3)cc2)cc1. The van der Waals surface area contributed by atoms with Crippen molar-refractivity contribution in [2.24, 2.45) is 0 Å². The van der Waals surface area contributed by atoms with Gasteiger partial charge in [-0.15, -0.1) is 0 Å². The minimum absolute atomic E-state index is 0.981. The Hall–Kier alpha value is -8.01. The van der Waals surface area contributed by atoms with E-state index in [1.807, 2.05) is 0 Å². The van der Waals surface area contributed by atoms with Gasteiger partial charge in [-0.1, -0.05) is 170 Å². The Labute approximate surface area is 347 Å². The molecule has 0 aliphatic carbocycles. The topological polar surface area (TPSA) is 20.5 Å². The Morgan fingerprint density at radius 2 is 0.717 bits per heavy atom. The van der Waals surface area contributed by atoms with E-state index >= 15 is 0 Å². The second-order valence-electron chi connectivity index (χ2n) is 15.5. The quantitative estimate of drug-likeness (QED) is 0.157. The molecular weight excluding hydrogens is 727 g/mol. The first-order valence-electron chi connectivity index (χ1n) is 20.5. The van der Waals surface area contributed by atoms with E-state index in [9.17, 15) is 0 Å². The molecule has 12 rings (SSSR count). The van der Waals surface area contributed by atoms with E-state index in [0.717, 1.165) is 50.2 Å². The third-order valence-electron chi connectivity index (χ3n) is 12.2. The van der Waals surface area contributed by atoms with Gasteiger partial charge in [0.25, 0.3) is 0 Å². The monoisotopic (exact) mass is 763 g/mol. The first kappa shape index (κ1) is 34.1. The Bertz CT molecular complexity index is 3470. The van der Waals surface area contributed by atoms with Gasteiger partial charge in [0.1, 0.15) is 5.65 Å². The summed E-state index contributed by atoms with van der Waals surface area (Å²) in [4.78, 5) is 7.81. The second kappa shape index (κ2) is 13.8. The van der Waals surface area contributed by atoms with Crippen molar-refractivity contribution >= 4 is 77.0 Å². The summed E-state index contributed by atoms with van der Waals surface area (Å²) < 4.78 is 2.39. The predicted molar refractivity (Wildman–Crippen MR) is 254 cm³/mol. The van der Waals surface area contributed by atoms with Crippen LogP contribution >= 0.6 is 0 Å². The minimum atomic E-state index is 0.981. The van der Waals surface area contributed by atoms with Crippen LogP contribution in [0.15, 0.2) is 224 Å². The number of hydrogen-bond donors (Lipinski definition) is 0. The Kier molecular flexibility index (Phi) is 7.85. The van der Waals surface area contributed by atoms with E-state index < -0.39 is 0 Å². The number of fused-ring (bicyclic) bond motifs is 13. The molecule has 3 heteroatoms. The summed E-state index contributed by atoms with van der Waals surface area (Å²) in [6, 6.07) is 81.0. The van der Waals surface area contributed by atoms with Gasteiger partial charge < -0.3 is 4.90 Å². The van der Waals surface area contributed by atoms with Crippen LogP contribution < -0.4 is 4.90 Å². The summed E-state index contributed by atoms with van der Waals surface area (Å²) in [7, 11) is 0. The van der Waals surface area contributed by atoms with Crippen LogP contribution in [0.5, 0.6) is 0 Å². The van der Waals surface area contributed by atoms with Crippen LogP contribution in [0.3, 0.4) is 0 Å². The third kappa shape index (κ3) is 5.48. The van der Waals surface area contributed by atoms with Crippen LogP contribution in [0.2, 0.25) is 0 Å². The molecule has 10 aromatic carbocycles. The fourth-order valence-electron chi connectivity index (χ4n) is 9.28.